The molecule has 0 radical (unpaired) electrons. The largest absolute Gasteiger partial charge is 1.00 e. The van der Waals surface area contributed by atoms with Crippen molar-refractivity contribution >= 4 is 5.97 Å². The van der Waals surface area contributed by atoms with Crippen LogP contribution < -0.4 is 62.2 Å². The van der Waals surface area contributed by atoms with Crippen molar-refractivity contribution in [3.05, 3.63) is 0 Å². The summed E-state index contributed by atoms with van der Waals surface area (Å²) >= 11 is 0. The van der Waals surface area contributed by atoms with E-state index in [0.29, 0.717) is 0 Å². The predicted molar refractivity (Wildman–Crippen MR) is 99.3 cm³/mol. The molecule has 0 aliphatic heterocycles. The number of hydrogen-bond acceptors (Lipinski definition) is 3. The van der Waals surface area contributed by atoms with Crippen molar-refractivity contribution in [2.45, 2.75) is 117 Å². The van der Waals surface area contributed by atoms with Gasteiger partial charge in [-0.25, -0.2) is 0 Å². The van der Waals surface area contributed by atoms with Gasteiger partial charge in [-0.2, -0.15) is 0 Å². The molecule has 0 saturated heterocycles. The van der Waals surface area contributed by atoms with E-state index < -0.39 is 5.97 Å². The Labute approximate surface area is 194 Å². The smallest absolute Gasteiger partial charge is 0.550 e. The molecule has 0 aliphatic rings. The molecule has 0 aliphatic carbocycles. The van der Waals surface area contributed by atoms with Crippen LogP contribution in [0.3, 0.4) is 0 Å². The van der Waals surface area contributed by atoms with Gasteiger partial charge in [0.2, 0.25) is 0 Å². The molecule has 3 nitrogen and oxygen atoms in total. The zero-order valence-electron chi connectivity index (χ0n) is 16.9. The van der Waals surface area contributed by atoms with Crippen molar-refractivity contribution in [1.82, 2.24) is 0 Å². The fraction of sp³-hybridized carbons (Fsp3) is 0.950. The van der Waals surface area contributed by atoms with E-state index in [1.54, 1.807) is 0 Å². The number of carbonyl (C=O) groups is 1. The van der Waals surface area contributed by atoms with Crippen LogP contribution in [0.25, 0.3) is 0 Å². The molecule has 4 heteroatoms. The average Bonchev–Trinajstić information content (AvgIpc) is 2.50. The van der Waals surface area contributed by atoms with Gasteiger partial charge in [0.25, 0.3) is 0 Å². The first-order valence-electron chi connectivity index (χ1n) is 10.0. The number of unbranched alkanes of at least 4 members (excludes halogenated alkanes) is 15. The molecule has 0 heterocycles. The van der Waals surface area contributed by atoms with Crippen molar-refractivity contribution < 1.29 is 61.3 Å². The van der Waals surface area contributed by atoms with E-state index in [2.05, 4.69) is 6.92 Å². The van der Waals surface area contributed by atoms with Gasteiger partial charge in [-0.15, -0.1) is 0 Å². The Kier molecular flexibility index (Phi) is 35.8. The second-order valence-electron chi connectivity index (χ2n) is 6.58. The Morgan fingerprint density at radius 3 is 1.08 bits per heavy atom. The van der Waals surface area contributed by atoms with Crippen LogP contribution in [0.4, 0.5) is 0 Å². The number of carboxylic acids is 1. The van der Waals surface area contributed by atoms with E-state index >= 15 is 0 Å². The average molecular weight is 368 g/mol. The summed E-state index contributed by atoms with van der Waals surface area (Å²) in [6, 6.07) is 0. The van der Waals surface area contributed by atoms with Crippen LogP contribution >= 0.6 is 0 Å². The third kappa shape index (κ3) is 38.6. The quantitative estimate of drug-likeness (QED) is 0.335. The second-order valence-corrected chi connectivity index (χ2v) is 6.58. The number of rotatable bonds is 16. The minimum atomic E-state index is -1.08. The van der Waals surface area contributed by atoms with Crippen molar-refractivity contribution in [3.8, 4) is 0 Å². The molecule has 0 amide bonds. The van der Waals surface area contributed by atoms with Crippen molar-refractivity contribution in [3.63, 3.8) is 0 Å². The summed E-state index contributed by atoms with van der Waals surface area (Å²) in [5.74, 6) is -1.08. The molecule has 0 rings (SSSR count). The van der Waals surface area contributed by atoms with Crippen LogP contribution in [0, 0.1) is 0 Å². The Bertz CT molecular complexity index is 206. The molecule has 0 bridgehead atoms. The summed E-state index contributed by atoms with van der Waals surface area (Å²) < 4.78 is 0. The second kappa shape index (κ2) is 28.9. The number of carboxylic acid groups (broad SMARTS) is 1. The predicted octanol–water partition coefficient (Wildman–Crippen LogP) is 1.97. The minimum absolute atomic E-state index is 0. The van der Waals surface area contributed by atoms with Crippen LogP contribution in [-0.4, -0.2) is 12.5 Å². The number of hydrogen-bond donors (Lipinski definition) is 1. The Morgan fingerprint density at radius 1 is 0.667 bits per heavy atom. The maximum Gasteiger partial charge on any atom is 1.00 e. The van der Waals surface area contributed by atoms with Gasteiger partial charge in [0.1, 0.15) is 0 Å². The number of aliphatic carboxylic acids is 1. The topological polar surface area (TPSA) is 66.1 Å². The summed E-state index contributed by atoms with van der Waals surface area (Å²) in [4.78, 5) is 8.89. The summed E-state index contributed by atoms with van der Waals surface area (Å²) in [5.41, 5.74) is 5.48. The molecule has 0 spiro atoms. The van der Waals surface area contributed by atoms with E-state index in [-0.39, 0.29) is 51.4 Å². The van der Waals surface area contributed by atoms with Crippen LogP contribution in [-0.2, 0) is 4.79 Å². The third-order valence-electron chi connectivity index (χ3n) is 4.06. The molecule has 140 valence electrons. The van der Waals surface area contributed by atoms with E-state index in [1.165, 1.54) is 103 Å². The Balaban J connectivity index is -0.000000787. The van der Waals surface area contributed by atoms with Crippen LogP contribution in [0.2, 0.25) is 0 Å². The minimum Gasteiger partial charge on any atom is -0.550 e. The summed E-state index contributed by atoms with van der Waals surface area (Å²) in [7, 11) is 0. The van der Waals surface area contributed by atoms with Gasteiger partial charge in [0, 0.05) is 5.97 Å². The van der Waals surface area contributed by atoms with Gasteiger partial charge >= 0.3 is 51.4 Å². The molecule has 0 aromatic heterocycles. The molecule has 0 fully saturated rings. The molecule has 24 heavy (non-hydrogen) atoms. The van der Waals surface area contributed by atoms with Crippen LogP contribution in [0.1, 0.15) is 117 Å². The maximum absolute atomic E-state index is 8.89. The Morgan fingerprint density at radius 2 is 0.875 bits per heavy atom. The first kappa shape index (κ1) is 29.8. The van der Waals surface area contributed by atoms with Gasteiger partial charge in [0.15, 0.2) is 0 Å². The molecule has 0 saturated carbocycles. The third-order valence-corrected chi connectivity index (χ3v) is 4.06. The summed E-state index contributed by atoms with van der Waals surface area (Å²) in [6.45, 7) is 4.14. The first-order valence-corrected chi connectivity index (χ1v) is 10.0. The van der Waals surface area contributed by atoms with Gasteiger partial charge in [-0.3, -0.25) is 0 Å². The van der Waals surface area contributed by atoms with Crippen LogP contribution in [0.15, 0.2) is 0 Å². The van der Waals surface area contributed by atoms with Crippen LogP contribution in [0.5, 0.6) is 0 Å². The summed E-state index contributed by atoms with van der Waals surface area (Å²) in [5, 5.41) is 8.89. The summed E-state index contributed by atoms with van der Waals surface area (Å²) in [6.07, 6.45) is 22.9. The van der Waals surface area contributed by atoms with Gasteiger partial charge in [0.05, 0.1) is 0 Å². The molecular weight excluding hydrogens is 325 g/mol. The standard InChI is InChI=1S/C18H39N.C2H4O2.K/c1-2-3-4-5-6-7-8-9-10-11-12-13-14-15-16-17-18-19;1-2(3)4;/h2-19H2,1H3;1H3,(H,3,4);/q;;+1/p-1. The normalized spacial score (nSPS) is 9.79. The van der Waals surface area contributed by atoms with Gasteiger partial charge < -0.3 is 15.6 Å². The fourth-order valence-corrected chi connectivity index (χ4v) is 2.69. The number of carbonyl (C=O) groups excluding carboxylic acids is 1. The molecule has 0 aromatic carbocycles. The van der Waals surface area contributed by atoms with E-state index in [9.17, 15) is 0 Å². The van der Waals surface area contributed by atoms with Crippen molar-refractivity contribution in [2.75, 3.05) is 6.54 Å². The van der Waals surface area contributed by atoms with Crippen molar-refractivity contribution in [2.24, 2.45) is 5.73 Å². The first-order chi connectivity index (χ1) is 11.1. The number of nitrogens with two attached hydrogens (primary N) is 1. The zero-order valence-corrected chi connectivity index (χ0v) is 20.0. The zero-order chi connectivity index (χ0) is 17.6. The molecule has 2 N–H and O–H groups in total. The van der Waals surface area contributed by atoms with E-state index in [0.717, 1.165) is 13.5 Å². The van der Waals surface area contributed by atoms with Gasteiger partial charge in [-0.1, -0.05) is 103 Å². The van der Waals surface area contributed by atoms with E-state index in [4.69, 9.17) is 15.6 Å². The molecular formula is C20H42KNO2. The molecule has 0 aromatic rings. The molecule has 0 atom stereocenters. The maximum atomic E-state index is 8.89. The van der Waals surface area contributed by atoms with Gasteiger partial charge in [-0.05, 0) is 19.9 Å². The molecule has 0 unspecified atom stereocenters. The van der Waals surface area contributed by atoms with Crippen molar-refractivity contribution in [1.29, 1.82) is 0 Å². The fourth-order valence-electron chi connectivity index (χ4n) is 2.69. The van der Waals surface area contributed by atoms with E-state index in [1.807, 2.05) is 0 Å². The monoisotopic (exact) mass is 367 g/mol. The Hall–Kier alpha value is 1.07. The SMILES string of the molecule is CC(=O)[O-].CCCCCCCCCCCCCCCCCCN.[K+].